The third-order valence-corrected chi connectivity index (χ3v) is 4.87. The molecule has 0 aromatic rings. The molecule has 116 valence electrons. The topological polar surface area (TPSA) is 35.6 Å². The van der Waals surface area contributed by atoms with Crippen LogP contribution in [0.4, 0.5) is 0 Å². The Kier molecular flexibility index (Phi) is 5.44. The SMILES string of the molecule is CCCC1(C(=O)N2CCCC2CN(C)C)CCCNC1. The van der Waals surface area contributed by atoms with E-state index in [1.165, 1.54) is 12.8 Å². The quantitative estimate of drug-likeness (QED) is 0.833. The largest absolute Gasteiger partial charge is 0.338 e. The molecule has 2 saturated heterocycles. The van der Waals surface area contributed by atoms with Crippen molar-refractivity contribution in [3.8, 4) is 0 Å². The highest BCUT2D eigenvalue weighted by Crippen LogP contribution is 2.36. The lowest BCUT2D eigenvalue weighted by Gasteiger charge is -2.41. The Morgan fingerprint density at radius 1 is 1.40 bits per heavy atom. The Morgan fingerprint density at radius 3 is 2.80 bits per heavy atom. The molecule has 2 rings (SSSR count). The molecule has 2 heterocycles. The van der Waals surface area contributed by atoms with Gasteiger partial charge in [-0.3, -0.25) is 4.79 Å². The molecular formula is C16H31N3O. The van der Waals surface area contributed by atoms with E-state index >= 15 is 0 Å². The van der Waals surface area contributed by atoms with Crippen LogP contribution >= 0.6 is 0 Å². The van der Waals surface area contributed by atoms with Crippen LogP contribution < -0.4 is 5.32 Å². The highest BCUT2D eigenvalue weighted by atomic mass is 16.2. The number of nitrogens with one attached hydrogen (secondary N) is 1. The first-order valence-corrected chi connectivity index (χ1v) is 8.25. The summed E-state index contributed by atoms with van der Waals surface area (Å²) in [6.45, 7) is 6.11. The van der Waals surface area contributed by atoms with E-state index in [1.54, 1.807) is 0 Å². The van der Waals surface area contributed by atoms with Gasteiger partial charge in [-0.1, -0.05) is 13.3 Å². The molecule has 0 aliphatic carbocycles. The molecule has 4 nitrogen and oxygen atoms in total. The van der Waals surface area contributed by atoms with E-state index in [0.29, 0.717) is 11.9 Å². The Bertz CT molecular complexity index is 318. The van der Waals surface area contributed by atoms with E-state index in [1.807, 2.05) is 0 Å². The number of nitrogens with zero attached hydrogens (tertiary/aromatic N) is 2. The molecule has 0 radical (unpaired) electrons. The summed E-state index contributed by atoms with van der Waals surface area (Å²) in [6.07, 6.45) is 6.67. The summed E-state index contributed by atoms with van der Waals surface area (Å²) >= 11 is 0. The van der Waals surface area contributed by atoms with Gasteiger partial charge in [0.05, 0.1) is 5.41 Å². The summed E-state index contributed by atoms with van der Waals surface area (Å²) in [6, 6.07) is 0.424. The van der Waals surface area contributed by atoms with Crippen molar-refractivity contribution in [2.45, 2.75) is 51.5 Å². The second-order valence-corrected chi connectivity index (χ2v) is 6.87. The molecule has 20 heavy (non-hydrogen) atoms. The Hall–Kier alpha value is -0.610. The van der Waals surface area contributed by atoms with E-state index < -0.39 is 0 Å². The average molecular weight is 281 g/mol. The normalized spacial score (nSPS) is 31.0. The van der Waals surface area contributed by atoms with Gasteiger partial charge in [-0.25, -0.2) is 0 Å². The van der Waals surface area contributed by atoms with Gasteiger partial charge in [0.1, 0.15) is 0 Å². The number of hydrogen-bond acceptors (Lipinski definition) is 3. The minimum atomic E-state index is -0.123. The van der Waals surface area contributed by atoms with Crippen molar-refractivity contribution in [1.29, 1.82) is 0 Å². The third kappa shape index (κ3) is 3.34. The lowest BCUT2D eigenvalue weighted by atomic mass is 9.75. The molecule has 0 spiro atoms. The summed E-state index contributed by atoms with van der Waals surface area (Å²) in [7, 11) is 4.20. The van der Waals surface area contributed by atoms with E-state index in [2.05, 4.69) is 36.1 Å². The van der Waals surface area contributed by atoms with Crippen LogP contribution in [-0.4, -0.2) is 62.0 Å². The fourth-order valence-electron chi connectivity index (χ4n) is 3.97. The van der Waals surface area contributed by atoms with Crippen molar-refractivity contribution in [1.82, 2.24) is 15.1 Å². The second-order valence-electron chi connectivity index (χ2n) is 6.87. The molecule has 2 fully saturated rings. The molecule has 2 atom stereocenters. The van der Waals surface area contributed by atoms with Gasteiger partial charge >= 0.3 is 0 Å². The Balaban J connectivity index is 2.10. The highest BCUT2D eigenvalue weighted by molar-refractivity contribution is 5.83. The van der Waals surface area contributed by atoms with E-state index in [-0.39, 0.29) is 5.41 Å². The number of likely N-dealkylation sites (tertiary alicyclic amines) is 1. The fourth-order valence-corrected chi connectivity index (χ4v) is 3.97. The van der Waals surface area contributed by atoms with Crippen molar-refractivity contribution in [3.05, 3.63) is 0 Å². The van der Waals surface area contributed by atoms with Gasteiger partial charge < -0.3 is 15.1 Å². The fraction of sp³-hybridized carbons (Fsp3) is 0.938. The summed E-state index contributed by atoms with van der Waals surface area (Å²) in [5.74, 6) is 0.427. The van der Waals surface area contributed by atoms with Crippen molar-refractivity contribution >= 4 is 5.91 Å². The Labute approximate surface area is 123 Å². The first-order valence-electron chi connectivity index (χ1n) is 8.25. The molecule has 0 aromatic heterocycles. The molecular weight excluding hydrogens is 250 g/mol. The van der Waals surface area contributed by atoms with Crippen LogP contribution in [0.15, 0.2) is 0 Å². The third-order valence-electron chi connectivity index (χ3n) is 4.87. The van der Waals surface area contributed by atoms with Crippen LogP contribution in [0.1, 0.15) is 45.4 Å². The molecule has 4 heteroatoms. The second kappa shape index (κ2) is 6.90. The number of carbonyl (C=O) groups excluding carboxylic acids is 1. The summed E-state index contributed by atoms with van der Waals surface area (Å²) in [5, 5.41) is 3.46. The first kappa shape index (κ1) is 15.8. The smallest absolute Gasteiger partial charge is 0.230 e. The molecule has 2 unspecified atom stereocenters. The molecule has 0 saturated carbocycles. The summed E-state index contributed by atoms with van der Waals surface area (Å²) in [5.41, 5.74) is -0.123. The molecule has 1 amide bonds. The lowest BCUT2D eigenvalue weighted by Crippen LogP contribution is -2.54. The van der Waals surface area contributed by atoms with Gasteiger partial charge in [-0.15, -0.1) is 0 Å². The predicted octanol–water partition coefficient (Wildman–Crippen LogP) is 1.71. The van der Waals surface area contributed by atoms with Gasteiger partial charge in [0, 0.05) is 25.7 Å². The first-order chi connectivity index (χ1) is 9.59. The number of carbonyl (C=O) groups is 1. The van der Waals surface area contributed by atoms with Crippen molar-refractivity contribution in [2.24, 2.45) is 5.41 Å². The monoisotopic (exact) mass is 281 g/mol. The maximum Gasteiger partial charge on any atom is 0.230 e. The molecule has 0 aromatic carbocycles. The van der Waals surface area contributed by atoms with Crippen LogP contribution in [0.2, 0.25) is 0 Å². The van der Waals surface area contributed by atoms with Gasteiger partial charge in [0.25, 0.3) is 0 Å². The maximum atomic E-state index is 13.2. The summed E-state index contributed by atoms with van der Waals surface area (Å²) < 4.78 is 0. The van der Waals surface area contributed by atoms with Crippen LogP contribution in [0.25, 0.3) is 0 Å². The van der Waals surface area contributed by atoms with Gasteiger partial charge in [0.2, 0.25) is 5.91 Å². The molecule has 2 aliphatic heterocycles. The van der Waals surface area contributed by atoms with Crippen LogP contribution in [0.3, 0.4) is 0 Å². The number of piperidine rings is 1. The number of rotatable bonds is 5. The van der Waals surface area contributed by atoms with Crippen LogP contribution in [0.5, 0.6) is 0 Å². The minimum absolute atomic E-state index is 0.123. The maximum absolute atomic E-state index is 13.2. The van der Waals surface area contributed by atoms with E-state index in [4.69, 9.17) is 0 Å². The van der Waals surface area contributed by atoms with Gasteiger partial charge in [-0.05, 0) is 52.7 Å². The van der Waals surface area contributed by atoms with E-state index in [0.717, 1.165) is 51.9 Å². The highest BCUT2D eigenvalue weighted by Gasteiger charge is 2.44. The zero-order valence-corrected chi connectivity index (χ0v) is 13.5. The molecule has 0 bridgehead atoms. The van der Waals surface area contributed by atoms with Crippen LogP contribution in [0, 0.1) is 5.41 Å². The van der Waals surface area contributed by atoms with Gasteiger partial charge in [0.15, 0.2) is 0 Å². The van der Waals surface area contributed by atoms with E-state index in [9.17, 15) is 4.79 Å². The molecule has 1 N–H and O–H groups in total. The lowest BCUT2D eigenvalue weighted by molar-refractivity contribution is -0.145. The van der Waals surface area contributed by atoms with Crippen molar-refractivity contribution in [2.75, 3.05) is 40.3 Å². The van der Waals surface area contributed by atoms with Crippen molar-refractivity contribution in [3.63, 3.8) is 0 Å². The zero-order valence-electron chi connectivity index (χ0n) is 13.5. The van der Waals surface area contributed by atoms with Crippen molar-refractivity contribution < 1.29 is 4.79 Å². The summed E-state index contributed by atoms with van der Waals surface area (Å²) in [4.78, 5) is 17.6. The Morgan fingerprint density at radius 2 is 2.20 bits per heavy atom. The standard InChI is InChI=1S/C16H31N3O/c1-4-8-16(9-6-10-17-13-16)15(20)19-11-5-7-14(19)12-18(2)3/h14,17H,4-13H2,1-3H3. The number of hydrogen-bond donors (Lipinski definition) is 1. The number of amides is 1. The molecule has 2 aliphatic rings. The number of likely N-dealkylation sites (N-methyl/N-ethyl adjacent to an activating group) is 1. The van der Waals surface area contributed by atoms with Gasteiger partial charge in [-0.2, -0.15) is 0 Å². The average Bonchev–Trinajstić information content (AvgIpc) is 2.86. The van der Waals surface area contributed by atoms with Crippen LogP contribution in [-0.2, 0) is 4.79 Å². The minimum Gasteiger partial charge on any atom is -0.338 e. The zero-order chi connectivity index (χ0) is 14.6. The predicted molar refractivity (Wildman–Crippen MR) is 82.7 cm³/mol.